The van der Waals surface area contributed by atoms with Gasteiger partial charge in [0.05, 0.1) is 84.0 Å². The summed E-state index contributed by atoms with van der Waals surface area (Å²) in [7, 11) is 0. The van der Waals surface area contributed by atoms with Gasteiger partial charge in [0.25, 0.3) is 0 Å². The Balaban J connectivity index is 0.0000000916. The predicted octanol–water partition coefficient (Wildman–Crippen LogP) is 33.1. The third-order valence-corrected chi connectivity index (χ3v) is 35.5. The summed E-state index contributed by atoms with van der Waals surface area (Å²) in [4.78, 5) is 25.6. The topological polar surface area (TPSA) is 86.5 Å². The van der Waals surface area contributed by atoms with Gasteiger partial charge in [-0.15, -0.1) is 0 Å². The van der Waals surface area contributed by atoms with Crippen molar-refractivity contribution >= 4 is 137 Å². The Morgan fingerprint density at radius 1 is 0.231 bits per heavy atom. The largest absolute Gasteiger partial charge is 0.295 e. The lowest BCUT2D eigenvalue weighted by molar-refractivity contribution is 0.287. The summed E-state index contributed by atoms with van der Waals surface area (Å²) in [5.74, 6) is 1.43. The second kappa shape index (κ2) is 33.0. The van der Waals surface area contributed by atoms with Gasteiger partial charge in [-0.25, -0.2) is 24.9 Å². The second-order valence-electron chi connectivity index (χ2n) is 43.6. The number of aromatic nitrogens is 10. The number of hydrogen-bond donors (Lipinski definition) is 0. The maximum atomic E-state index is 5.23. The van der Waals surface area contributed by atoms with Crippen LogP contribution < -0.4 is 0 Å². The van der Waals surface area contributed by atoms with Gasteiger partial charge in [-0.3, -0.25) is 22.0 Å². The van der Waals surface area contributed by atoms with Crippen molar-refractivity contribution in [3.8, 4) is 0 Å². The molecule has 31 rings (SSSR count). The van der Waals surface area contributed by atoms with Gasteiger partial charge in [0.1, 0.15) is 28.2 Å². The highest BCUT2D eigenvalue weighted by atomic mass is 15.1. The van der Waals surface area contributed by atoms with Crippen LogP contribution in [0.5, 0.6) is 0 Å². The first kappa shape index (κ1) is 89.4. The Labute approximate surface area is 856 Å². The molecule has 0 fully saturated rings. The van der Waals surface area contributed by atoms with Crippen LogP contribution in [-0.2, 0) is 34.5 Å². The minimum Gasteiger partial charge on any atom is -0.295 e. The van der Waals surface area contributed by atoms with Crippen molar-refractivity contribution in [2.24, 2.45) is 0 Å². The van der Waals surface area contributed by atoms with Crippen LogP contribution >= 0.6 is 0 Å². The summed E-state index contributed by atoms with van der Waals surface area (Å²) in [5, 5.41) is 19.5. The molecule has 10 heteroatoms. The SMILES string of the molecule is Cc1nc2c3ccccc3c3c(C)ccc4c3n2c1C(C)(C)C4(C)C.Cc1nc2c3ccccc3c3c(C)ccc4c3n2c1C(C)C4C.Cc1nc2c3ccccc3c3c(C)ccc4c3n2c1C(c1ccccc1)(c1ccccc1)C4.Cc1nc2c3ccccc3c3c(C)ccc4c3n2c1C(c1ccccc1)C4c1ccccc1.Cc1nc2c3ccccc3c3c(C)ccc4c3n2c1CC4(c1ccccc1)c1ccccc1. The monoisotopic (exact) mass is 1900 g/mol. The standard InChI is InChI=1S/3C31H24N2.C23H24N2.C21H20N2/c1-20-17-18-22-19-31(23-11-5-3-6-12-23,24-13-7-4-8-14-24)29-21(2)32-30-26-16-10-9-15-25(26)27(20)28(22)33(29)30;1-20-17-18-26-29-28(20)24-15-9-10-16-25(24)30-32-21(2)27(33(29)30)19-31(26,22-11-5-3-6-12-22)23-13-7-4-8-14-23;1-19-17-18-25-27(21-11-5-3-6-12-21)28(22-13-7-4-8-14-22)29-20(2)32-31-24-16-10-9-15-23(24)26(19)30(25)33(29)31;1-13-11-12-17-19-18(13)15-9-7-8-10-16(15)21-24-14(2)20(25(19)21)23(5,6)22(17,3)4;1-11-9-10-15-12(2)13(3)19-14(4)22-21-17-8-6-5-7-16(17)18(11)20(15)23(19)21/h2*3-18H,19H2,1-2H3;3-18,27-28H,1-2H3;7-12H,1-6H3;5-10,12-13H,1-4H3. The Kier molecular flexibility index (Phi) is 20.1. The van der Waals surface area contributed by atoms with E-state index in [-0.39, 0.29) is 33.5 Å². The Morgan fingerprint density at radius 3 is 1.00 bits per heavy atom. The quantitative estimate of drug-likeness (QED) is 0.155. The fraction of sp³-hybridized carbons (Fsp3) is 0.190. The van der Waals surface area contributed by atoms with E-state index in [0.717, 1.165) is 63.9 Å². The summed E-state index contributed by atoms with van der Waals surface area (Å²) < 4.78 is 12.3. The lowest BCUT2D eigenvalue weighted by atomic mass is 9.60. The lowest BCUT2D eigenvalue weighted by Gasteiger charge is -2.46. The van der Waals surface area contributed by atoms with Crippen molar-refractivity contribution in [1.29, 1.82) is 0 Å². The molecule has 147 heavy (non-hydrogen) atoms. The first-order chi connectivity index (χ1) is 71.5. The first-order valence-electron chi connectivity index (χ1n) is 52.5. The van der Waals surface area contributed by atoms with Gasteiger partial charge in [-0.05, 0) is 198 Å². The average Bonchev–Trinajstić information content (AvgIpc) is 1.57. The molecular formula is C137H116N10. The number of hydrogen-bond acceptors (Lipinski definition) is 5. The molecule has 26 aromatic rings. The number of rotatable bonds is 6. The molecule has 0 aliphatic carbocycles. The molecule has 714 valence electrons. The van der Waals surface area contributed by atoms with Crippen LogP contribution in [0.1, 0.15) is 211 Å². The van der Waals surface area contributed by atoms with Gasteiger partial charge >= 0.3 is 0 Å². The smallest absolute Gasteiger partial charge is 0.145 e. The van der Waals surface area contributed by atoms with Crippen LogP contribution in [0, 0.1) is 69.2 Å². The molecule has 5 aliphatic heterocycles. The van der Waals surface area contributed by atoms with E-state index in [9.17, 15) is 0 Å². The zero-order valence-corrected chi connectivity index (χ0v) is 86.3. The van der Waals surface area contributed by atoms with Crippen LogP contribution in [0.3, 0.4) is 0 Å². The van der Waals surface area contributed by atoms with Crippen molar-refractivity contribution in [2.45, 2.75) is 169 Å². The van der Waals surface area contributed by atoms with E-state index in [1.165, 1.54) is 232 Å². The van der Waals surface area contributed by atoms with Crippen molar-refractivity contribution in [2.75, 3.05) is 0 Å². The molecular weight excluding hydrogens is 1790 g/mol. The highest BCUT2D eigenvalue weighted by Gasteiger charge is 2.50. The van der Waals surface area contributed by atoms with Crippen LogP contribution in [0.2, 0.25) is 0 Å². The summed E-state index contributed by atoms with van der Waals surface area (Å²) in [6.07, 6.45) is 1.80. The molecule has 0 amide bonds. The van der Waals surface area contributed by atoms with E-state index < -0.39 is 0 Å². The van der Waals surface area contributed by atoms with E-state index in [0.29, 0.717) is 11.8 Å². The third kappa shape index (κ3) is 12.5. The molecule has 0 N–H and O–H groups in total. The number of pyridine rings is 5. The molecule has 4 atom stereocenters. The van der Waals surface area contributed by atoms with Gasteiger partial charge in [0.15, 0.2) is 0 Å². The Morgan fingerprint density at radius 2 is 0.544 bits per heavy atom. The molecule has 10 aromatic heterocycles. The molecule has 4 unspecified atom stereocenters. The fourth-order valence-corrected chi connectivity index (χ4v) is 28.1. The molecule has 0 saturated carbocycles. The number of benzene rings is 16. The molecule has 5 aliphatic rings. The molecule has 0 spiro atoms. The van der Waals surface area contributed by atoms with Crippen LogP contribution in [0.25, 0.3) is 137 Å². The van der Waals surface area contributed by atoms with Crippen LogP contribution in [0.15, 0.2) is 364 Å². The van der Waals surface area contributed by atoms with E-state index in [4.69, 9.17) is 24.9 Å². The Hall–Kier alpha value is -16.4. The van der Waals surface area contributed by atoms with E-state index in [2.05, 4.69) is 497 Å². The molecule has 0 saturated heterocycles. The summed E-state index contributed by atoms with van der Waals surface area (Å²) in [6, 6.07) is 133. The zero-order valence-electron chi connectivity index (χ0n) is 86.3. The minimum atomic E-state index is -0.302. The predicted molar refractivity (Wildman–Crippen MR) is 611 cm³/mol. The fourth-order valence-electron chi connectivity index (χ4n) is 28.1. The molecule has 10 nitrogen and oxygen atoms in total. The average molecular weight is 1900 g/mol. The number of fused-ring (bicyclic) bond motifs is 15. The molecule has 16 aromatic carbocycles. The van der Waals surface area contributed by atoms with Gasteiger partial charge in [-0.1, -0.05) is 406 Å². The van der Waals surface area contributed by atoms with Crippen molar-refractivity contribution in [1.82, 2.24) is 46.9 Å². The van der Waals surface area contributed by atoms with E-state index in [1.807, 2.05) is 0 Å². The zero-order chi connectivity index (χ0) is 100. The molecule has 0 radical (unpaired) electrons. The van der Waals surface area contributed by atoms with E-state index in [1.54, 1.807) is 0 Å². The lowest BCUT2D eigenvalue weighted by Crippen LogP contribution is -2.44. The highest BCUT2D eigenvalue weighted by Crippen LogP contribution is 2.59. The van der Waals surface area contributed by atoms with Gasteiger partial charge in [0, 0.05) is 100 Å². The number of imidazole rings is 5. The maximum Gasteiger partial charge on any atom is 0.145 e. The summed E-state index contributed by atoms with van der Waals surface area (Å²) in [5.41, 5.74) is 45.5. The Bertz CT molecular complexity index is 9950. The third-order valence-electron chi connectivity index (χ3n) is 35.5. The van der Waals surface area contributed by atoms with Crippen molar-refractivity contribution < 1.29 is 0 Å². The summed E-state index contributed by atoms with van der Waals surface area (Å²) >= 11 is 0. The summed E-state index contributed by atoms with van der Waals surface area (Å²) in [6.45, 7) is 36.2. The molecule has 0 bridgehead atoms. The molecule has 15 heterocycles. The van der Waals surface area contributed by atoms with Crippen LogP contribution in [-0.4, -0.2) is 46.9 Å². The minimum absolute atomic E-state index is 0.00808. The van der Waals surface area contributed by atoms with Crippen LogP contribution in [0.4, 0.5) is 0 Å². The van der Waals surface area contributed by atoms with Gasteiger partial charge in [0.2, 0.25) is 0 Å². The highest BCUT2D eigenvalue weighted by molar-refractivity contribution is 6.20. The normalized spacial score (nSPS) is 16.6. The van der Waals surface area contributed by atoms with E-state index >= 15 is 0 Å². The van der Waals surface area contributed by atoms with Gasteiger partial charge < -0.3 is 0 Å². The maximum absolute atomic E-state index is 5.23. The number of aryl methyl sites for hydroxylation is 10. The number of nitrogens with zero attached hydrogens (tertiary/aromatic N) is 10. The first-order valence-corrected chi connectivity index (χ1v) is 52.5. The van der Waals surface area contributed by atoms with Gasteiger partial charge in [-0.2, -0.15) is 0 Å². The van der Waals surface area contributed by atoms with Crippen molar-refractivity contribution in [3.05, 3.63) is 510 Å². The second-order valence-corrected chi connectivity index (χ2v) is 43.6. The van der Waals surface area contributed by atoms with Crippen molar-refractivity contribution in [3.63, 3.8) is 0 Å².